The number of aromatic nitrogens is 2. The SMILES string of the molecule is Nc1c([O-])on[n+]1N1CCOCC1. The van der Waals surface area contributed by atoms with Crippen LogP contribution < -0.4 is 20.6 Å². The molecule has 1 saturated heterocycles. The first-order valence-electron chi connectivity index (χ1n) is 3.96. The first-order valence-corrected chi connectivity index (χ1v) is 3.96. The summed E-state index contributed by atoms with van der Waals surface area (Å²) in [5, 5.41) is 16.2. The first kappa shape index (κ1) is 8.11. The van der Waals surface area contributed by atoms with E-state index in [1.165, 1.54) is 4.79 Å². The van der Waals surface area contributed by atoms with Gasteiger partial charge >= 0.3 is 5.82 Å². The molecule has 0 unspecified atom stereocenters. The lowest BCUT2D eigenvalue weighted by atomic mass is 10.5. The van der Waals surface area contributed by atoms with E-state index in [9.17, 15) is 5.11 Å². The summed E-state index contributed by atoms with van der Waals surface area (Å²) in [6.07, 6.45) is 0. The van der Waals surface area contributed by atoms with Crippen LogP contribution in [-0.4, -0.2) is 31.6 Å². The van der Waals surface area contributed by atoms with Crippen LogP contribution in [0.3, 0.4) is 0 Å². The van der Waals surface area contributed by atoms with Crippen molar-refractivity contribution in [1.29, 1.82) is 0 Å². The normalized spacial score (nSPS) is 17.7. The van der Waals surface area contributed by atoms with Gasteiger partial charge in [0.1, 0.15) is 0 Å². The molecule has 13 heavy (non-hydrogen) atoms. The van der Waals surface area contributed by atoms with Crippen LogP contribution in [0.1, 0.15) is 0 Å². The van der Waals surface area contributed by atoms with Gasteiger partial charge in [0.15, 0.2) is 5.95 Å². The maximum atomic E-state index is 10.8. The molecule has 1 aromatic rings. The van der Waals surface area contributed by atoms with E-state index in [1.807, 2.05) is 0 Å². The Labute approximate surface area is 74.2 Å². The molecule has 0 radical (unpaired) electrons. The Morgan fingerprint density at radius 2 is 2.15 bits per heavy atom. The van der Waals surface area contributed by atoms with E-state index < -0.39 is 5.95 Å². The third-order valence-electron chi connectivity index (χ3n) is 1.88. The number of morpholine rings is 1. The van der Waals surface area contributed by atoms with Gasteiger partial charge in [-0.05, 0) is 4.79 Å². The highest BCUT2D eigenvalue weighted by Crippen LogP contribution is 2.07. The van der Waals surface area contributed by atoms with Crippen LogP contribution in [0.25, 0.3) is 0 Å². The van der Waals surface area contributed by atoms with Gasteiger partial charge in [0.2, 0.25) is 0 Å². The molecule has 0 atom stereocenters. The molecule has 0 aliphatic carbocycles. The molecule has 0 bridgehead atoms. The second-order valence-corrected chi connectivity index (χ2v) is 2.70. The van der Waals surface area contributed by atoms with Gasteiger partial charge in [-0.15, -0.1) is 0 Å². The first-order chi connectivity index (χ1) is 6.29. The van der Waals surface area contributed by atoms with Crippen molar-refractivity contribution in [1.82, 2.24) is 5.27 Å². The Hall–Kier alpha value is -1.50. The zero-order chi connectivity index (χ0) is 9.26. The molecule has 1 aromatic heterocycles. The molecule has 2 rings (SSSR count). The van der Waals surface area contributed by atoms with Gasteiger partial charge in [-0.3, -0.25) is 5.73 Å². The van der Waals surface area contributed by atoms with E-state index in [2.05, 4.69) is 9.79 Å². The zero-order valence-corrected chi connectivity index (χ0v) is 6.97. The summed E-state index contributed by atoms with van der Waals surface area (Å²) in [6, 6.07) is 0. The molecule has 0 saturated carbocycles. The second kappa shape index (κ2) is 3.09. The van der Waals surface area contributed by atoms with Crippen molar-refractivity contribution >= 4 is 5.82 Å². The Morgan fingerprint density at radius 3 is 2.69 bits per heavy atom. The molecule has 0 aromatic carbocycles. The van der Waals surface area contributed by atoms with Crippen LogP contribution in [0, 0.1) is 0 Å². The monoisotopic (exact) mass is 186 g/mol. The molecule has 72 valence electrons. The maximum Gasteiger partial charge on any atom is 0.343 e. The number of hydrogen-bond acceptors (Lipinski definition) is 6. The number of nitrogens with zero attached hydrogens (tertiary/aromatic N) is 3. The predicted molar refractivity (Wildman–Crippen MR) is 39.3 cm³/mol. The molecule has 1 aliphatic rings. The summed E-state index contributed by atoms with van der Waals surface area (Å²) in [5.41, 5.74) is 5.45. The summed E-state index contributed by atoms with van der Waals surface area (Å²) in [4.78, 5) is 1.28. The van der Waals surface area contributed by atoms with Crippen molar-refractivity contribution in [3.8, 4) is 5.95 Å². The molecule has 1 fully saturated rings. The van der Waals surface area contributed by atoms with E-state index in [-0.39, 0.29) is 5.82 Å². The number of rotatable bonds is 1. The van der Waals surface area contributed by atoms with E-state index in [4.69, 9.17) is 10.5 Å². The van der Waals surface area contributed by atoms with Gasteiger partial charge in [-0.1, -0.05) is 0 Å². The summed E-state index contributed by atoms with van der Waals surface area (Å²) in [7, 11) is 0. The number of nitrogen functional groups attached to an aromatic ring is 1. The maximum absolute atomic E-state index is 10.8. The number of anilines is 1. The molecule has 7 heteroatoms. The van der Waals surface area contributed by atoms with Crippen molar-refractivity contribution in [3.05, 3.63) is 0 Å². The van der Waals surface area contributed by atoms with Crippen LogP contribution >= 0.6 is 0 Å². The zero-order valence-electron chi connectivity index (χ0n) is 6.97. The average molecular weight is 186 g/mol. The smallest absolute Gasteiger partial charge is 0.343 e. The Morgan fingerprint density at radius 1 is 1.46 bits per heavy atom. The number of hydrogen-bond donors (Lipinski definition) is 1. The lowest BCUT2D eigenvalue weighted by molar-refractivity contribution is -0.747. The Balaban J connectivity index is 2.18. The minimum absolute atomic E-state index is 0.00176. The quantitative estimate of drug-likeness (QED) is 0.491. The standard InChI is InChI=1S/C6H9N4O3/c7-5-6(11)13-8-10(5)9-1-3-12-4-2-9/h7H,1-4H2/q-1/p+1. The second-order valence-electron chi connectivity index (χ2n) is 2.70. The molecular formula is C6H10N4O3. The lowest BCUT2D eigenvalue weighted by Crippen LogP contribution is -2.64. The predicted octanol–water partition coefficient (Wildman–Crippen LogP) is -2.41. The Bertz CT molecular complexity index is 294. The van der Waals surface area contributed by atoms with Gasteiger partial charge in [0.25, 0.3) is 0 Å². The minimum Gasteiger partial charge on any atom is -0.538 e. The van der Waals surface area contributed by atoms with Gasteiger partial charge < -0.3 is 14.4 Å². The van der Waals surface area contributed by atoms with E-state index >= 15 is 0 Å². The van der Waals surface area contributed by atoms with Crippen LogP contribution in [0.4, 0.5) is 5.82 Å². The van der Waals surface area contributed by atoms with Crippen molar-refractivity contribution in [3.63, 3.8) is 0 Å². The summed E-state index contributed by atoms with van der Waals surface area (Å²) in [5.74, 6) is -0.603. The highest BCUT2D eigenvalue weighted by atomic mass is 16.6. The van der Waals surface area contributed by atoms with Gasteiger partial charge in [-0.25, -0.2) is 5.01 Å². The van der Waals surface area contributed by atoms with Gasteiger partial charge in [0.05, 0.1) is 26.3 Å². The minimum atomic E-state index is -0.605. The largest absolute Gasteiger partial charge is 0.538 e. The third kappa shape index (κ3) is 1.37. The highest BCUT2D eigenvalue weighted by molar-refractivity contribution is 5.27. The summed E-state index contributed by atoms with van der Waals surface area (Å²) < 4.78 is 9.53. The van der Waals surface area contributed by atoms with E-state index in [0.717, 1.165) is 0 Å². The summed E-state index contributed by atoms with van der Waals surface area (Å²) >= 11 is 0. The van der Waals surface area contributed by atoms with Crippen molar-refractivity contribution in [2.75, 3.05) is 37.0 Å². The van der Waals surface area contributed by atoms with Crippen LogP contribution in [0.5, 0.6) is 5.95 Å². The molecule has 0 amide bonds. The van der Waals surface area contributed by atoms with Crippen LogP contribution in [0.2, 0.25) is 0 Å². The number of nitrogens with two attached hydrogens (primary N) is 1. The van der Waals surface area contributed by atoms with Gasteiger partial charge in [-0.2, -0.15) is 0 Å². The van der Waals surface area contributed by atoms with Crippen LogP contribution in [0.15, 0.2) is 4.52 Å². The van der Waals surface area contributed by atoms with Crippen molar-refractivity contribution in [2.24, 2.45) is 0 Å². The Kier molecular flexibility index (Phi) is 1.93. The van der Waals surface area contributed by atoms with Gasteiger partial charge in [0, 0.05) is 5.27 Å². The van der Waals surface area contributed by atoms with E-state index in [1.54, 1.807) is 5.01 Å². The fraction of sp³-hybridized carbons (Fsp3) is 0.667. The molecular weight excluding hydrogens is 176 g/mol. The fourth-order valence-electron chi connectivity index (χ4n) is 1.20. The lowest BCUT2D eigenvalue weighted by Gasteiger charge is -2.23. The van der Waals surface area contributed by atoms with Crippen LogP contribution in [-0.2, 0) is 4.74 Å². The van der Waals surface area contributed by atoms with Crippen molar-refractivity contribution < 1.29 is 19.2 Å². The van der Waals surface area contributed by atoms with Crippen molar-refractivity contribution in [2.45, 2.75) is 0 Å². The number of ether oxygens (including phenoxy) is 1. The molecule has 0 spiro atoms. The van der Waals surface area contributed by atoms with E-state index in [0.29, 0.717) is 26.3 Å². The average Bonchev–Trinajstić information content (AvgIpc) is 2.49. The third-order valence-corrected chi connectivity index (χ3v) is 1.88. The fourth-order valence-corrected chi connectivity index (χ4v) is 1.20. The highest BCUT2D eigenvalue weighted by Gasteiger charge is 2.20. The molecule has 7 nitrogen and oxygen atoms in total. The molecule has 2 N–H and O–H groups in total. The molecule has 1 aliphatic heterocycles. The molecule has 2 heterocycles. The summed E-state index contributed by atoms with van der Waals surface area (Å²) in [6.45, 7) is 2.52. The topological polar surface area (TPSA) is 91.5 Å².